The van der Waals surface area contributed by atoms with Gasteiger partial charge in [-0.3, -0.25) is 0 Å². The van der Waals surface area contributed by atoms with E-state index in [2.05, 4.69) is 22.9 Å². The standard InChI is InChI=1S/C14H19BrO4/c1-4-5-6-13(14(16)18-3)19-12-8-7-10(17-2)9-11(12)15/h7-9,13H,4-6H2,1-3H3. The molecule has 0 saturated carbocycles. The van der Waals surface area contributed by atoms with Gasteiger partial charge < -0.3 is 14.2 Å². The Labute approximate surface area is 122 Å². The summed E-state index contributed by atoms with van der Waals surface area (Å²) in [4.78, 5) is 11.7. The maximum absolute atomic E-state index is 11.7. The summed E-state index contributed by atoms with van der Waals surface area (Å²) in [6, 6.07) is 5.35. The molecule has 106 valence electrons. The lowest BCUT2D eigenvalue weighted by molar-refractivity contribution is -0.149. The molecule has 0 spiro atoms. The third kappa shape index (κ3) is 4.74. The van der Waals surface area contributed by atoms with Crippen LogP contribution in [0.25, 0.3) is 0 Å². The molecule has 0 radical (unpaired) electrons. The summed E-state index contributed by atoms with van der Waals surface area (Å²) in [5, 5.41) is 0. The molecule has 0 saturated heterocycles. The molecule has 4 nitrogen and oxygen atoms in total. The van der Waals surface area contributed by atoms with Gasteiger partial charge in [0, 0.05) is 0 Å². The van der Waals surface area contributed by atoms with Crippen LogP contribution in [0.3, 0.4) is 0 Å². The highest BCUT2D eigenvalue weighted by atomic mass is 79.9. The molecule has 0 aliphatic rings. The monoisotopic (exact) mass is 330 g/mol. The number of hydrogen-bond donors (Lipinski definition) is 0. The van der Waals surface area contributed by atoms with Crippen molar-refractivity contribution < 1.29 is 19.0 Å². The molecule has 19 heavy (non-hydrogen) atoms. The lowest BCUT2D eigenvalue weighted by Crippen LogP contribution is -2.28. The van der Waals surface area contributed by atoms with E-state index in [9.17, 15) is 4.79 Å². The summed E-state index contributed by atoms with van der Waals surface area (Å²) < 4.78 is 16.3. The first-order valence-electron chi connectivity index (χ1n) is 6.20. The van der Waals surface area contributed by atoms with Gasteiger partial charge in [0.15, 0.2) is 6.10 Å². The first kappa shape index (κ1) is 15.8. The number of benzene rings is 1. The van der Waals surface area contributed by atoms with E-state index < -0.39 is 6.10 Å². The predicted octanol–water partition coefficient (Wildman–Crippen LogP) is 3.57. The zero-order chi connectivity index (χ0) is 14.3. The summed E-state index contributed by atoms with van der Waals surface area (Å²) in [7, 11) is 2.97. The van der Waals surface area contributed by atoms with Gasteiger partial charge in [0.05, 0.1) is 18.7 Å². The number of halogens is 1. The highest BCUT2D eigenvalue weighted by Gasteiger charge is 2.21. The molecule has 5 heteroatoms. The number of carbonyl (C=O) groups excluding carboxylic acids is 1. The first-order valence-corrected chi connectivity index (χ1v) is 6.99. The Kier molecular flexibility index (Phi) is 6.70. The number of rotatable bonds is 7. The van der Waals surface area contributed by atoms with Crippen LogP contribution in [-0.4, -0.2) is 26.3 Å². The number of esters is 1. The molecule has 0 aliphatic carbocycles. The van der Waals surface area contributed by atoms with Crippen molar-refractivity contribution >= 4 is 21.9 Å². The Morgan fingerprint density at radius 1 is 1.37 bits per heavy atom. The molecule has 1 atom stereocenters. The van der Waals surface area contributed by atoms with Crippen molar-refractivity contribution in [3.63, 3.8) is 0 Å². The van der Waals surface area contributed by atoms with Gasteiger partial charge in [0.25, 0.3) is 0 Å². The lowest BCUT2D eigenvalue weighted by Gasteiger charge is -2.17. The number of hydrogen-bond acceptors (Lipinski definition) is 4. The Hall–Kier alpha value is -1.23. The minimum absolute atomic E-state index is 0.351. The summed E-state index contributed by atoms with van der Waals surface area (Å²) in [5.41, 5.74) is 0. The van der Waals surface area contributed by atoms with Crippen LogP contribution in [0.2, 0.25) is 0 Å². The fourth-order valence-corrected chi connectivity index (χ4v) is 2.05. The SMILES string of the molecule is CCCCC(Oc1ccc(OC)cc1Br)C(=O)OC. The fourth-order valence-electron chi connectivity index (χ4n) is 1.60. The molecule has 0 heterocycles. The Bertz CT molecular complexity index is 420. The minimum atomic E-state index is -0.574. The fraction of sp³-hybridized carbons (Fsp3) is 0.500. The summed E-state index contributed by atoms with van der Waals surface area (Å²) in [6.45, 7) is 2.07. The van der Waals surface area contributed by atoms with Crippen LogP contribution >= 0.6 is 15.9 Å². The smallest absolute Gasteiger partial charge is 0.347 e. The lowest BCUT2D eigenvalue weighted by atomic mass is 10.1. The van der Waals surface area contributed by atoms with Crippen molar-refractivity contribution in [2.45, 2.75) is 32.3 Å². The maximum atomic E-state index is 11.7. The Balaban J connectivity index is 2.80. The number of methoxy groups -OCH3 is 2. The largest absolute Gasteiger partial charge is 0.497 e. The van der Waals surface area contributed by atoms with Crippen LogP contribution in [0, 0.1) is 0 Å². The van der Waals surface area contributed by atoms with E-state index in [4.69, 9.17) is 14.2 Å². The zero-order valence-electron chi connectivity index (χ0n) is 11.4. The van der Waals surface area contributed by atoms with Crippen molar-refractivity contribution in [1.82, 2.24) is 0 Å². The average molecular weight is 331 g/mol. The van der Waals surface area contributed by atoms with Crippen molar-refractivity contribution in [3.05, 3.63) is 22.7 Å². The van der Waals surface area contributed by atoms with E-state index in [-0.39, 0.29) is 5.97 Å². The van der Waals surface area contributed by atoms with Crippen LogP contribution in [-0.2, 0) is 9.53 Å². The molecule has 0 aromatic heterocycles. The summed E-state index contributed by atoms with van der Waals surface area (Å²) in [5.74, 6) is 0.978. The van der Waals surface area contributed by atoms with Crippen LogP contribution < -0.4 is 9.47 Å². The second-order valence-corrected chi connectivity index (χ2v) is 4.92. The van der Waals surface area contributed by atoms with Crippen molar-refractivity contribution in [3.8, 4) is 11.5 Å². The van der Waals surface area contributed by atoms with Crippen molar-refractivity contribution in [1.29, 1.82) is 0 Å². The minimum Gasteiger partial charge on any atom is -0.497 e. The van der Waals surface area contributed by atoms with E-state index in [1.165, 1.54) is 7.11 Å². The topological polar surface area (TPSA) is 44.8 Å². The molecular formula is C14H19BrO4. The Morgan fingerprint density at radius 3 is 2.63 bits per heavy atom. The molecule has 0 aliphatic heterocycles. The first-order chi connectivity index (χ1) is 9.12. The van der Waals surface area contributed by atoms with E-state index in [0.717, 1.165) is 23.1 Å². The van der Waals surface area contributed by atoms with E-state index in [1.54, 1.807) is 25.3 Å². The Morgan fingerprint density at radius 2 is 2.11 bits per heavy atom. The summed E-state index contributed by atoms with van der Waals surface area (Å²) in [6.07, 6.45) is 1.98. The molecule has 0 amide bonds. The van der Waals surface area contributed by atoms with Gasteiger partial charge in [0.2, 0.25) is 0 Å². The van der Waals surface area contributed by atoms with Gasteiger partial charge in [-0.15, -0.1) is 0 Å². The van der Waals surface area contributed by atoms with Gasteiger partial charge in [-0.25, -0.2) is 4.79 Å². The van der Waals surface area contributed by atoms with Crippen molar-refractivity contribution in [2.24, 2.45) is 0 Å². The normalized spacial score (nSPS) is 11.8. The number of unbranched alkanes of at least 4 members (excludes halogenated alkanes) is 1. The number of ether oxygens (including phenoxy) is 3. The molecule has 1 unspecified atom stereocenters. The molecule has 1 aromatic carbocycles. The van der Waals surface area contributed by atoms with E-state index >= 15 is 0 Å². The second kappa shape index (κ2) is 8.04. The van der Waals surface area contributed by atoms with Gasteiger partial charge in [-0.1, -0.05) is 13.3 Å². The molecule has 1 aromatic rings. The highest BCUT2D eigenvalue weighted by Crippen LogP contribution is 2.30. The molecule has 0 N–H and O–H groups in total. The van der Waals surface area contributed by atoms with Crippen LogP contribution in [0.1, 0.15) is 26.2 Å². The van der Waals surface area contributed by atoms with Gasteiger partial charge >= 0.3 is 5.97 Å². The van der Waals surface area contributed by atoms with Gasteiger partial charge in [0.1, 0.15) is 11.5 Å². The average Bonchev–Trinajstić information content (AvgIpc) is 2.43. The molecule has 1 rings (SSSR count). The molecule has 0 bridgehead atoms. The maximum Gasteiger partial charge on any atom is 0.347 e. The van der Waals surface area contributed by atoms with E-state index in [0.29, 0.717) is 12.2 Å². The van der Waals surface area contributed by atoms with Gasteiger partial charge in [-0.05, 0) is 47.0 Å². The van der Waals surface area contributed by atoms with Gasteiger partial charge in [-0.2, -0.15) is 0 Å². The third-order valence-corrected chi connectivity index (χ3v) is 3.31. The summed E-state index contributed by atoms with van der Waals surface area (Å²) >= 11 is 3.40. The van der Waals surface area contributed by atoms with Crippen LogP contribution in [0.5, 0.6) is 11.5 Å². The molecule has 0 fully saturated rings. The van der Waals surface area contributed by atoms with E-state index in [1.807, 2.05) is 0 Å². The van der Waals surface area contributed by atoms with Crippen LogP contribution in [0.15, 0.2) is 22.7 Å². The third-order valence-electron chi connectivity index (χ3n) is 2.69. The highest BCUT2D eigenvalue weighted by molar-refractivity contribution is 9.10. The number of carbonyl (C=O) groups is 1. The van der Waals surface area contributed by atoms with Crippen molar-refractivity contribution in [2.75, 3.05) is 14.2 Å². The second-order valence-electron chi connectivity index (χ2n) is 4.07. The zero-order valence-corrected chi connectivity index (χ0v) is 13.0. The quantitative estimate of drug-likeness (QED) is 0.717. The van der Waals surface area contributed by atoms with Crippen LogP contribution in [0.4, 0.5) is 0 Å². The molecular weight excluding hydrogens is 312 g/mol. The predicted molar refractivity (Wildman–Crippen MR) is 76.7 cm³/mol.